The molecule has 0 saturated heterocycles. The molecule has 30 heavy (non-hydrogen) atoms. The molecule has 2 aromatic heterocycles. The number of thiazole rings is 1. The lowest BCUT2D eigenvalue weighted by Crippen LogP contribution is -2.04. The Kier molecular flexibility index (Phi) is 5.99. The van der Waals surface area contributed by atoms with Crippen molar-refractivity contribution in [3.05, 3.63) is 82.3 Å². The average Bonchev–Trinajstić information content (AvgIpc) is 3.42. The van der Waals surface area contributed by atoms with Crippen molar-refractivity contribution in [3.63, 3.8) is 0 Å². The van der Waals surface area contributed by atoms with Crippen LogP contribution in [0.25, 0.3) is 22.5 Å². The molecule has 0 aliphatic heterocycles. The van der Waals surface area contributed by atoms with Crippen LogP contribution in [0.5, 0.6) is 0 Å². The van der Waals surface area contributed by atoms with E-state index in [4.69, 9.17) is 4.98 Å². The SMILES string of the molecule is FC(F)(F)c1cc(-c2cccc(CCCCc3nc(-c4ccccc4)cs3)c2)n[nH]1. The highest BCUT2D eigenvalue weighted by Crippen LogP contribution is 2.30. The van der Waals surface area contributed by atoms with Crippen LogP contribution in [0.3, 0.4) is 0 Å². The molecule has 7 heteroatoms. The van der Waals surface area contributed by atoms with Gasteiger partial charge in [-0.3, -0.25) is 5.10 Å². The molecule has 154 valence electrons. The molecule has 0 aliphatic carbocycles. The van der Waals surface area contributed by atoms with Crippen LogP contribution in [0.4, 0.5) is 13.2 Å². The third-order valence-corrected chi connectivity index (χ3v) is 5.74. The van der Waals surface area contributed by atoms with E-state index in [1.54, 1.807) is 17.4 Å². The number of unbranched alkanes of at least 4 members (excludes halogenated alkanes) is 1. The van der Waals surface area contributed by atoms with Crippen LogP contribution >= 0.6 is 11.3 Å². The van der Waals surface area contributed by atoms with Crippen LogP contribution in [0.2, 0.25) is 0 Å². The van der Waals surface area contributed by atoms with Crippen molar-refractivity contribution in [1.82, 2.24) is 15.2 Å². The van der Waals surface area contributed by atoms with Gasteiger partial charge in [-0.15, -0.1) is 11.3 Å². The maximum atomic E-state index is 12.8. The summed E-state index contributed by atoms with van der Waals surface area (Å²) in [5.74, 6) is 0. The quantitative estimate of drug-likeness (QED) is 0.330. The first kappa shape index (κ1) is 20.3. The number of benzene rings is 2. The maximum absolute atomic E-state index is 12.8. The van der Waals surface area contributed by atoms with Crippen molar-refractivity contribution in [2.24, 2.45) is 0 Å². The number of alkyl halides is 3. The minimum Gasteiger partial charge on any atom is -0.273 e. The smallest absolute Gasteiger partial charge is 0.273 e. The van der Waals surface area contributed by atoms with E-state index in [9.17, 15) is 13.2 Å². The number of H-pyrrole nitrogens is 1. The standard InChI is InChI=1S/C23H20F3N3S/c24-23(25,26)21-14-19(28-29-21)18-11-6-8-16(13-18)7-4-5-12-22-27-20(15-30-22)17-9-2-1-3-10-17/h1-3,6,8-11,13-15H,4-5,7,12H2,(H,28,29). The molecule has 0 spiro atoms. The number of aromatic amines is 1. The zero-order chi connectivity index (χ0) is 21.0. The van der Waals surface area contributed by atoms with Gasteiger partial charge in [0, 0.05) is 16.5 Å². The second kappa shape index (κ2) is 8.83. The summed E-state index contributed by atoms with van der Waals surface area (Å²) in [7, 11) is 0. The maximum Gasteiger partial charge on any atom is 0.432 e. The van der Waals surface area contributed by atoms with E-state index in [2.05, 4.69) is 27.7 Å². The molecule has 4 rings (SSSR count). The number of hydrogen-bond acceptors (Lipinski definition) is 3. The van der Waals surface area contributed by atoms with Crippen molar-refractivity contribution < 1.29 is 13.2 Å². The van der Waals surface area contributed by atoms with Gasteiger partial charge in [0.1, 0.15) is 5.69 Å². The zero-order valence-corrected chi connectivity index (χ0v) is 16.9. The monoisotopic (exact) mass is 427 g/mol. The van der Waals surface area contributed by atoms with Gasteiger partial charge in [0.05, 0.1) is 16.4 Å². The fourth-order valence-corrected chi connectivity index (χ4v) is 4.12. The average molecular weight is 427 g/mol. The van der Waals surface area contributed by atoms with Crippen LogP contribution < -0.4 is 0 Å². The summed E-state index contributed by atoms with van der Waals surface area (Å²) >= 11 is 1.68. The molecule has 3 nitrogen and oxygen atoms in total. The van der Waals surface area contributed by atoms with Crippen LogP contribution in [0, 0.1) is 0 Å². The Hall–Kier alpha value is -2.93. The summed E-state index contributed by atoms with van der Waals surface area (Å²) in [5, 5.41) is 9.09. The number of hydrogen-bond donors (Lipinski definition) is 1. The topological polar surface area (TPSA) is 41.6 Å². The molecule has 0 aliphatic rings. The van der Waals surface area contributed by atoms with Gasteiger partial charge < -0.3 is 0 Å². The third kappa shape index (κ3) is 4.97. The first-order valence-electron chi connectivity index (χ1n) is 9.71. The molecule has 0 amide bonds. The lowest BCUT2D eigenvalue weighted by Gasteiger charge is -2.04. The van der Waals surface area contributed by atoms with Gasteiger partial charge in [0.25, 0.3) is 0 Å². The number of halogens is 3. The Morgan fingerprint density at radius 3 is 2.37 bits per heavy atom. The molecular weight excluding hydrogens is 407 g/mol. The van der Waals surface area contributed by atoms with Gasteiger partial charge in [-0.05, 0) is 43.4 Å². The Morgan fingerprint density at radius 1 is 0.833 bits per heavy atom. The van der Waals surface area contributed by atoms with Gasteiger partial charge >= 0.3 is 6.18 Å². The van der Waals surface area contributed by atoms with Crippen LogP contribution in [-0.2, 0) is 19.0 Å². The lowest BCUT2D eigenvalue weighted by molar-refractivity contribution is -0.141. The zero-order valence-electron chi connectivity index (χ0n) is 16.1. The van der Waals surface area contributed by atoms with Crippen LogP contribution in [0.1, 0.15) is 29.1 Å². The molecule has 0 bridgehead atoms. The number of nitrogens with zero attached hydrogens (tertiary/aromatic N) is 2. The Labute approximate surface area is 176 Å². The minimum absolute atomic E-state index is 0.306. The summed E-state index contributed by atoms with van der Waals surface area (Å²) < 4.78 is 38.3. The van der Waals surface area contributed by atoms with Gasteiger partial charge in [-0.25, -0.2) is 4.98 Å². The van der Waals surface area contributed by atoms with Crippen molar-refractivity contribution in [2.45, 2.75) is 31.9 Å². The second-order valence-corrected chi connectivity index (χ2v) is 8.01. The lowest BCUT2D eigenvalue weighted by atomic mass is 10.0. The van der Waals surface area contributed by atoms with E-state index in [1.165, 1.54) is 0 Å². The van der Waals surface area contributed by atoms with Gasteiger partial charge in [0.15, 0.2) is 0 Å². The van der Waals surface area contributed by atoms with Crippen LogP contribution in [-0.4, -0.2) is 15.2 Å². The predicted molar refractivity (Wildman–Crippen MR) is 113 cm³/mol. The molecule has 0 unspecified atom stereocenters. The van der Waals surface area contributed by atoms with E-state index < -0.39 is 11.9 Å². The Balaban J connectivity index is 1.31. The Morgan fingerprint density at radius 2 is 1.60 bits per heavy atom. The molecule has 1 N–H and O–H groups in total. The summed E-state index contributed by atoms with van der Waals surface area (Å²) in [6, 6.07) is 18.7. The van der Waals surface area contributed by atoms with Gasteiger partial charge in [-0.1, -0.05) is 48.5 Å². The highest BCUT2D eigenvalue weighted by atomic mass is 32.1. The molecule has 0 radical (unpaired) electrons. The van der Waals surface area contributed by atoms with Crippen LogP contribution in [0.15, 0.2) is 66.0 Å². The molecule has 2 heterocycles. The summed E-state index contributed by atoms with van der Waals surface area (Å²) in [6.07, 6.45) is -0.642. The van der Waals surface area contributed by atoms with Crippen molar-refractivity contribution in [1.29, 1.82) is 0 Å². The molecule has 0 atom stereocenters. The van der Waals surface area contributed by atoms with E-state index in [0.717, 1.165) is 53.6 Å². The Bertz CT molecular complexity index is 1100. The largest absolute Gasteiger partial charge is 0.432 e. The summed E-state index contributed by atoms with van der Waals surface area (Å²) in [6.45, 7) is 0. The van der Waals surface area contributed by atoms with E-state index in [1.807, 2.05) is 36.4 Å². The molecular formula is C23H20F3N3S. The van der Waals surface area contributed by atoms with Gasteiger partial charge in [-0.2, -0.15) is 18.3 Å². The minimum atomic E-state index is -4.42. The first-order valence-corrected chi connectivity index (χ1v) is 10.6. The molecule has 2 aromatic carbocycles. The highest BCUT2D eigenvalue weighted by molar-refractivity contribution is 7.09. The molecule has 0 fully saturated rings. The van der Waals surface area contributed by atoms with E-state index >= 15 is 0 Å². The molecule has 4 aromatic rings. The normalized spacial score (nSPS) is 11.7. The summed E-state index contributed by atoms with van der Waals surface area (Å²) in [5.41, 5.74) is 3.39. The number of rotatable bonds is 7. The first-order chi connectivity index (χ1) is 14.5. The van der Waals surface area contributed by atoms with Crippen molar-refractivity contribution in [3.8, 4) is 22.5 Å². The van der Waals surface area contributed by atoms with E-state index in [0.29, 0.717) is 11.3 Å². The highest BCUT2D eigenvalue weighted by Gasteiger charge is 2.33. The fraction of sp³-hybridized carbons (Fsp3) is 0.217. The fourth-order valence-electron chi connectivity index (χ4n) is 3.27. The van der Waals surface area contributed by atoms with Crippen molar-refractivity contribution >= 4 is 11.3 Å². The van der Waals surface area contributed by atoms with Gasteiger partial charge in [0.2, 0.25) is 0 Å². The summed E-state index contributed by atoms with van der Waals surface area (Å²) in [4.78, 5) is 4.72. The van der Waals surface area contributed by atoms with Crippen molar-refractivity contribution in [2.75, 3.05) is 0 Å². The number of aromatic nitrogens is 3. The third-order valence-electron chi connectivity index (χ3n) is 4.83. The molecule has 0 saturated carbocycles. The number of aryl methyl sites for hydroxylation is 2. The number of nitrogens with one attached hydrogen (secondary N) is 1. The predicted octanol–water partition coefficient (Wildman–Crippen LogP) is 6.78. The second-order valence-electron chi connectivity index (χ2n) is 7.06. The van der Waals surface area contributed by atoms with E-state index in [-0.39, 0.29) is 0 Å².